The maximum atomic E-state index is 10.6. The average Bonchev–Trinajstić information content (AvgIpc) is 2.98. The number of hydrogen-bond acceptors (Lipinski definition) is 3. The number of carbonyl (C=O) groups excluding carboxylic acids is 1. The molecule has 2 aromatic carbocycles. The lowest BCUT2D eigenvalue weighted by atomic mass is 10.1. The van der Waals surface area contributed by atoms with Gasteiger partial charge in [-0.1, -0.05) is 42.0 Å². The van der Waals surface area contributed by atoms with E-state index >= 15 is 0 Å². The van der Waals surface area contributed by atoms with Crippen molar-refractivity contribution in [2.45, 2.75) is 6.92 Å². The summed E-state index contributed by atoms with van der Waals surface area (Å²) in [5.74, 6) is 0.642. The van der Waals surface area contributed by atoms with E-state index in [1.54, 1.807) is 23.1 Å². The summed E-state index contributed by atoms with van der Waals surface area (Å²) in [7, 11) is 0. The van der Waals surface area contributed by atoms with E-state index in [1.807, 2.05) is 43.3 Å². The van der Waals surface area contributed by atoms with Crippen LogP contribution in [0.3, 0.4) is 0 Å². The number of benzene rings is 2. The zero-order valence-electron chi connectivity index (χ0n) is 11.0. The molecule has 4 nitrogen and oxygen atoms in total. The van der Waals surface area contributed by atoms with Crippen LogP contribution in [0.1, 0.15) is 15.9 Å². The molecule has 0 aliphatic rings. The van der Waals surface area contributed by atoms with Gasteiger partial charge in [0.25, 0.3) is 0 Å². The third kappa shape index (κ3) is 2.36. The molecule has 0 aliphatic heterocycles. The summed E-state index contributed by atoms with van der Waals surface area (Å²) >= 11 is 0. The molecule has 1 aromatic heterocycles. The van der Waals surface area contributed by atoms with Crippen LogP contribution in [0, 0.1) is 6.92 Å². The Morgan fingerprint density at radius 1 is 1.00 bits per heavy atom. The van der Waals surface area contributed by atoms with Crippen LogP contribution in [-0.2, 0) is 0 Å². The fourth-order valence-electron chi connectivity index (χ4n) is 1.93. The standard InChI is InChI=1S/C16H13N3O/c1-12-2-8-15(9-3-12)19-11-17-16(18-19)14-6-4-13(10-20)5-7-14/h2-11H,1H3. The Morgan fingerprint density at radius 2 is 1.70 bits per heavy atom. The van der Waals surface area contributed by atoms with Gasteiger partial charge in [0.1, 0.15) is 12.6 Å². The molecule has 0 amide bonds. The van der Waals surface area contributed by atoms with Crippen molar-refractivity contribution < 1.29 is 4.79 Å². The van der Waals surface area contributed by atoms with Crippen molar-refractivity contribution in [1.29, 1.82) is 0 Å². The quantitative estimate of drug-likeness (QED) is 0.682. The Hall–Kier alpha value is -2.75. The summed E-state index contributed by atoms with van der Waals surface area (Å²) in [6, 6.07) is 15.3. The number of rotatable bonds is 3. The van der Waals surface area contributed by atoms with Crippen LogP contribution in [0.4, 0.5) is 0 Å². The molecule has 0 aliphatic carbocycles. The lowest BCUT2D eigenvalue weighted by Crippen LogP contribution is -1.94. The molecule has 1 heterocycles. The largest absolute Gasteiger partial charge is 0.298 e. The van der Waals surface area contributed by atoms with Crippen LogP contribution in [-0.4, -0.2) is 21.1 Å². The molecule has 3 aromatic rings. The Balaban J connectivity index is 1.92. The Morgan fingerprint density at radius 3 is 2.35 bits per heavy atom. The molecule has 0 spiro atoms. The van der Waals surface area contributed by atoms with Crippen molar-refractivity contribution in [2.75, 3.05) is 0 Å². The van der Waals surface area contributed by atoms with Crippen molar-refractivity contribution >= 4 is 6.29 Å². The van der Waals surface area contributed by atoms with Crippen molar-refractivity contribution in [3.8, 4) is 17.1 Å². The minimum Gasteiger partial charge on any atom is -0.298 e. The van der Waals surface area contributed by atoms with E-state index < -0.39 is 0 Å². The monoisotopic (exact) mass is 263 g/mol. The fourth-order valence-corrected chi connectivity index (χ4v) is 1.93. The molecule has 98 valence electrons. The van der Waals surface area contributed by atoms with E-state index in [1.165, 1.54) is 5.56 Å². The summed E-state index contributed by atoms with van der Waals surface area (Å²) in [5, 5.41) is 4.45. The summed E-state index contributed by atoms with van der Waals surface area (Å²) in [4.78, 5) is 14.9. The van der Waals surface area contributed by atoms with Gasteiger partial charge in [0.2, 0.25) is 0 Å². The van der Waals surface area contributed by atoms with Crippen LogP contribution in [0.2, 0.25) is 0 Å². The summed E-state index contributed by atoms with van der Waals surface area (Å²) < 4.78 is 1.74. The third-order valence-corrected chi connectivity index (χ3v) is 3.10. The van der Waals surface area contributed by atoms with Gasteiger partial charge in [-0.05, 0) is 19.1 Å². The van der Waals surface area contributed by atoms with E-state index in [4.69, 9.17) is 0 Å². The van der Waals surface area contributed by atoms with E-state index in [9.17, 15) is 4.79 Å². The van der Waals surface area contributed by atoms with Crippen LogP contribution in [0.25, 0.3) is 17.1 Å². The molecule has 3 rings (SSSR count). The van der Waals surface area contributed by atoms with Gasteiger partial charge in [-0.25, -0.2) is 9.67 Å². The Bertz CT molecular complexity index is 727. The van der Waals surface area contributed by atoms with E-state index in [2.05, 4.69) is 10.1 Å². The first-order valence-corrected chi connectivity index (χ1v) is 6.30. The minimum absolute atomic E-state index is 0.642. The zero-order chi connectivity index (χ0) is 13.9. The van der Waals surface area contributed by atoms with E-state index in [-0.39, 0.29) is 0 Å². The molecule has 0 fully saturated rings. The van der Waals surface area contributed by atoms with Gasteiger partial charge in [-0.15, -0.1) is 5.10 Å². The second kappa shape index (κ2) is 5.09. The highest BCUT2D eigenvalue weighted by Crippen LogP contribution is 2.16. The lowest BCUT2D eigenvalue weighted by molar-refractivity contribution is 0.112. The lowest BCUT2D eigenvalue weighted by Gasteiger charge is -2.00. The van der Waals surface area contributed by atoms with Crippen molar-refractivity contribution in [1.82, 2.24) is 14.8 Å². The normalized spacial score (nSPS) is 10.4. The number of hydrogen-bond donors (Lipinski definition) is 0. The summed E-state index contributed by atoms with van der Waals surface area (Å²) in [6.07, 6.45) is 2.51. The molecule has 0 unspecified atom stereocenters. The molecule has 20 heavy (non-hydrogen) atoms. The fraction of sp³-hybridized carbons (Fsp3) is 0.0625. The Labute approximate surface area is 116 Å². The number of aldehydes is 1. The van der Waals surface area contributed by atoms with E-state index in [0.29, 0.717) is 11.4 Å². The molecule has 0 radical (unpaired) electrons. The number of nitrogens with zero attached hydrogens (tertiary/aromatic N) is 3. The van der Waals surface area contributed by atoms with Crippen molar-refractivity contribution in [3.05, 3.63) is 66.0 Å². The molecule has 0 saturated carbocycles. The summed E-state index contributed by atoms with van der Waals surface area (Å²) in [6.45, 7) is 2.05. The maximum Gasteiger partial charge on any atom is 0.181 e. The van der Waals surface area contributed by atoms with Crippen molar-refractivity contribution in [3.63, 3.8) is 0 Å². The highest BCUT2D eigenvalue weighted by atomic mass is 16.1. The topological polar surface area (TPSA) is 47.8 Å². The van der Waals surface area contributed by atoms with Crippen LogP contribution in [0.5, 0.6) is 0 Å². The predicted octanol–water partition coefficient (Wildman–Crippen LogP) is 3.06. The maximum absolute atomic E-state index is 10.6. The van der Waals surface area contributed by atoms with E-state index in [0.717, 1.165) is 17.5 Å². The predicted molar refractivity (Wildman–Crippen MR) is 76.9 cm³/mol. The second-order valence-electron chi connectivity index (χ2n) is 4.59. The SMILES string of the molecule is Cc1ccc(-n2cnc(-c3ccc(C=O)cc3)n2)cc1. The number of carbonyl (C=O) groups is 1. The highest BCUT2D eigenvalue weighted by molar-refractivity contribution is 5.76. The number of aromatic nitrogens is 3. The molecular weight excluding hydrogens is 250 g/mol. The second-order valence-corrected chi connectivity index (χ2v) is 4.59. The average molecular weight is 263 g/mol. The highest BCUT2D eigenvalue weighted by Gasteiger charge is 2.05. The first kappa shape index (κ1) is 12.3. The summed E-state index contributed by atoms with van der Waals surface area (Å²) in [5.41, 5.74) is 3.71. The molecular formula is C16H13N3O. The van der Waals surface area contributed by atoms with Crippen LogP contribution >= 0.6 is 0 Å². The van der Waals surface area contributed by atoms with Gasteiger partial charge < -0.3 is 0 Å². The van der Waals surface area contributed by atoms with Crippen LogP contribution < -0.4 is 0 Å². The van der Waals surface area contributed by atoms with Gasteiger partial charge in [0.15, 0.2) is 5.82 Å². The molecule has 0 saturated heterocycles. The zero-order valence-corrected chi connectivity index (χ0v) is 11.0. The Kier molecular flexibility index (Phi) is 3.13. The minimum atomic E-state index is 0.642. The van der Waals surface area contributed by atoms with Gasteiger partial charge in [0.05, 0.1) is 5.69 Å². The third-order valence-electron chi connectivity index (χ3n) is 3.10. The van der Waals surface area contributed by atoms with Gasteiger partial charge >= 0.3 is 0 Å². The van der Waals surface area contributed by atoms with Crippen LogP contribution in [0.15, 0.2) is 54.9 Å². The van der Waals surface area contributed by atoms with Crippen molar-refractivity contribution in [2.24, 2.45) is 0 Å². The number of aryl methyl sites for hydroxylation is 1. The van der Waals surface area contributed by atoms with Gasteiger partial charge in [-0.2, -0.15) is 0 Å². The molecule has 4 heteroatoms. The first-order chi connectivity index (χ1) is 9.76. The molecule has 0 N–H and O–H groups in total. The molecule has 0 atom stereocenters. The first-order valence-electron chi connectivity index (χ1n) is 6.30. The smallest absolute Gasteiger partial charge is 0.181 e. The van der Waals surface area contributed by atoms with Gasteiger partial charge in [0, 0.05) is 11.1 Å². The molecule has 0 bridgehead atoms. The van der Waals surface area contributed by atoms with Gasteiger partial charge in [-0.3, -0.25) is 4.79 Å².